The molecule has 1 aliphatic rings. The van der Waals surface area contributed by atoms with E-state index in [1.165, 1.54) is 28.9 Å². The zero-order valence-electron chi connectivity index (χ0n) is 13.4. The number of rotatable bonds is 4. The number of nitrogens with zero attached hydrogens (tertiary/aromatic N) is 3. The van der Waals surface area contributed by atoms with Crippen LogP contribution in [0.4, 0.5) is 5.69 Å². The highest BCUT2D eigenvalue weighted by molar-refractivity contribution is 7.13. The van der Waals surface area contributed by atoms with Crippen LogP contribution in [-0.4, -0.2) is 20.7 Å². The van der Waals surface area contributed by atoms with E-state index in [4.69, 9.17) is 5.73 Å². The lowest BCUT2D eigenvalue weighted by Crippen LogP contribution is -2.14. The van der Waals surface area contributed by atoms with Crippen LogP contribution in [-0.2, 0) is 6.42 Å². The fourth-order valence-corrected chi connectivity index (χ4v) is 3.89. The molecule has 3 aromatic rings. The minimum Gasteiger partial charge on any atom is -0.399 e. The molecule has 6 heteroatoms. The third kappa shape index (κ3) is 2.85. The molecule has 0 unspecified atom stereocenters. The van der Waals surface area contributed by atoms with Crippen molar-refractivity contribution in [1.82, 2.24) is 14.8 Å². The first-order chi connectivity index (χ1) is 11.6. The van der Waals surface area contributed by atoms with Gasteiger partial charge in [-0.2, -0.15) is 9.78 Å². The minimum absolute atomic E-state index is 0.130. The van der Waals surface area contributed by atoms with Crippen molar-refractivity contribution in [3.63, 3.8) is 0 Å². The van der Waals surface area contributed by atoms with Crippen molar-refractivity contribution in [3.05, 3.63) is 52.1 Å². The zero-order valence-corrected chi connectivity index (χ0v) is 14.2. The van der Waals surface area contributed by atoms with Gasteiger partial charge < -0.3 is 5.73 Å². The maximum Gasteiger partial charge on any atom is 0.290 e. The summed E-state index contributed by atoms with van der Waals surface area (Å²) in [6, 6.07) is 9.30. The van der Waals surface area contributed by atoms with E-state index in [1.807, 2.05) is 37.3 Å². The molecule has 5 nitrogen and oxygen atoms in total. The van der Waals surface area contributed by atoms with Crippen molar-refractivity contribution < 1.29 is 4.79 Å². The maximum atomic E-state index is 13.0. The van der Waals surface area contributed by atoms with E-state index >= 15 is 0 Å². The Hall–Kier alpha value is -2.47. The molecule has 4 rings (SSSR count). The van der Waals surface area contributed by atoms with E-state index in [0.717, 1.165) is 34.3 Å². The molecule has 1 saturated carbocycles. The molecule has 0 aliphatic heterocycles. The molecule has 2 aromatic heterocycles. The van der Waals surface area contributed by atoms with E-state index < -0.39 is 0 Å². The summed E-state index contributed by atoms with van der Waals surface area (Å²) < 4.78 is 1.44. The highest BCUT2D eigenvalue weighted by Crippen LogP contribution is 2.34. The van der Waals surface area contributed by atoms with Gasteiger partial charge in [0.25, 0.3) is 5.91 Å². The Balaban J connectivity index is 1.68. The molecule has 1 aliphatic carbocycles. The summed E-state index contributed by atoms with van der Waals surface area (Å²) in [5.41, 5.74) is 8.92. The van der Waals surface area contributed by atoms with Crippen LogP contribution in [0.15, 0.2) is 36.5 Å². The summed E-state index contributed by atoms with van der Waals surface area (Å²) >= 11 is 1.50. The highest BCUT2D eigenvalue weighted by Gasteiger charge is 2.26. The first kappa shape index (κ1) is 15.1. The molecule has 0 radical (unpaired) electrons. The Bertz CT molecular complexity index is 907. The molecule has 0 bridgehead atoms. The lowest BCUT2D eigenvalue weighted by molar-refractivity contribution is 0.0950. The van der Waals surface area contributed by atoms with Crippen LogP contribution in [0.5, 0.6) is 0 Å². The van der Waals surface area contributed by atoms with Gasteiger partial charge in [0.15, 0.2) is 0 Å². The number of carbonyl (C=O) groups is 1. The Kier molecular flexibility index (Phi) is 3.69. The van der Waals surface area contributed by atoms with Crippen molar-refractivity contribution in [1.29, 1.82) is 0 Å². The lowest BCUT2D eigenvalue weighted by Gasteiger charge is -2.06. The van der Waals surface area contributed by atoms with Crippen molar-refractivity contribution in [2.75, 3.05) is 5.73 Å². The van der Waals surface area contributed by atoms with Gasteiger partial charge in [0.1, 0.15) is 4.88 Å². The van der Waals surface area contributed by atoms with Crippen LogP contribution < -0.4 is 5.73 Å². The van der Waals surface area contributed by atoms with Gasteiger partial charge in [-0.3, -0.25) is 4.79 Å². The first-order valence-corrected chi connectivity index (χ1v) is 8.84. The maximum absolute atomic E-state index is 13.0. The molecule has 24 heavy (non-hydrogen) atoms. The van der Waals surface area contributed by atoms with Crippen LogP contribution in [0, 0.1) is 12.8 Å². The Morgan fingerprint density at radius 2 is 2.21 bits per heavy atom. The van der Waals surface area contributed by atoms with Gasteiger partial charge >= 0.3 is 0 Å². The second kappa shape index (κ2) is 5.87. The van der Waals surface area contributed by atoms with Gasteiger partial charge in [0.2, 0.25) is 0 Å². The monoisotopic (exact) mass is 338 g/mol. The normalized spacial score (nSPS) is 14.0. The summed E-state index contributed by atoms with van der Waals surface area (Å²) in [6.07, 6.45) is 5.18. The van der Waals surface area contributed by atoms with Crippen molar-refractivity contribution in [2.24, 2.45) is 5.92 Å². The Labute approximate surface area is 144 Å². The molecule has 1 fully saturated rings. The SMILES string of the molecule is Cc1nc(CC2CC2)sc1C(=O)n1nccc1-c1cccc(N)c1. The molecule has 0 amide bonds. The van der Waals surface area contributed by atoms with Crippen LogP contribution >= 0.6 is 11.3 Å². The van der Waals surface area contributed by atoms with E-state index in [0.29, 0.717) is 10.6 Å². The quantitative estimate of drug-likeness (QED) is 0.739. The summed E-state index contributed by atoms with van der Waals surface area (Å²) in [6.45, 7) is 1.89. The van der Waals surface area contributed by atoms with Gasteiger partial charge in [0, 0.05) is 17.7 Å². The average molecular weight is 338 g/mol. The fourth-order valence-electron chi connectivity index (χ4n) is 2.78. The van der Waals surface area contributed by atoms with Crippen LogP contribution in [0.1, 0.15) is 33.2 Å². The summed E-state index contributed by atoms with van der Waals surface area (Å²) in [5.74, 6) is 0.625. The number of hydrogen-bond donors (Lipinski definition) is 1. The Morgan fingerprint density at radius 3 is 2.96 bits per heavy atom. The van der Waals surface area contributed by atoms with Crippen molar-refractivity contribution in [2.45, 2.75) is 26.2 Å². The number of hydrogen-bond acceptors (Lipinski definition) is 5. The molecule has 0 atom stereocenters. The molecule has 122 valence electrons. The number of nitrogen functional groups attached to an aromatic ring is 1. The van der Waals surface area contributed by atoms with Crippen LogP contribution in [0.25, 0.3) is 11.3 Å². The molecule has 0 spiro atoms. The van der Waals surface area contributed by atoms with Crippen molar-refractivity contribution in [3.8, 4) is 11.3 Å². The second-order valence-electron chi connectivity index (χ2n) is 6.23. The highest BCUT2D eigenvalue weighted by atomic mass is 32.1. The predicted octanol–water partition coefficient (Wildman–Crippen LogP) is 3.54. The molecule has 0 saturated heterocycles. The molecular weight excluding hydrogens is 320 g/mol. The standard InChI is InChI=1S/C18H18N4OS/c1-11-17(24-16(21-11)9-12-5-6-12)18(23)22-15(7-8-20-22)13-3-2-4-14(19)10-13/h2-4,7-8,10,12H,5-6,9,19H2,1H3. The fraction of sp³-hybridized carbons (Fsp3) is 0.278. The Morgan fingerprint density at radius 1 is 1.38 bits per heavy atom. The zero-order chi connectivity index (χ0) is 16.7. The third-order valence-electron chi connectivity index (χ3n) is 4.21. The topological polar surface area (TPSA) is 73.8 Å². The third-order valence-corrected chi connectivity index (χ3v) is 5.38. The van der Waals surface area contributed by atoms with Gasteiger partial charge in [-0.1, -0.05) is 12.1 Å². The number of anilines is 1. The number of nitrogens with two attached hydrogens (primary N) is 1. The smallest absolute Gasteiger partial charge is 0.290 e. The number of benzene rings is 1. The van der Waals surface area contributed by atoms with E-state index in [9.17, 15) is 4.79 Å². The average Bonchev–Trinajstić information content (AvgIpc) is 3.10. The van der Waals surface area contributed by atoms with Gasteiger partial charge in [0.05, 0.1) is 22.6 Å². The molecule has 2 N–H and O–H groups in total. The lowest BCUT2D eigenvalue weighted by atomic mass is 10.1. The van der Waals surface area contributed by atoms with Crippen molar-refractivity contribution >= 4 is 22.9 Å². The minimum atomic E-state index is -0.130. The number of aromatic nitrogens is 3. The van der Waals surface area contributed by atoms with E-state index in [2.05, 4.69) is 10.1 Å². The first-order valence-electron chi connectivity index (χ1n) is 8.03. The molecule has 1 aromatic carbocycles. The summed E-state index contributed by atoms with van der Waals surface area (Å²) in [4.78, 5) is 18.2. The summed E-state index contributed by atoms with van der Waals surface area (Å²) in [5, 5.41) is 5.28. The van der Waals surface area contributed by atoms with Gasteiger partial charge in [-0.05, 0) is 43.9 Å². The van der Waals surface area contributed by atoms with Gasteiger partial charge in [-0.25, -0.2) is 4.98 Å². The number of carbonyl (C=O) groups excluding carboxylic acids is 1. The molecule has 2 heterocycles. The largest absolute Gasteiger partial charge is 0.399 e. The van der Waals surface area contributed by atoms with Crippen LogP contribution in [0.3, 0.4) is 0 Å². The number of aryl methyl sites for hydroxylation is 1. The number of thiazole rings is 1. The summed E-state index contributed by atoms with van der Waals surface area (Å²) in [7, 11) is 0. The van der Waals surface area contributed by atoms with E-state index in [1.54, 1.807) is 6.20 Å². The van der Waals surface area contributed by atoms with E-state index in [-0.39, 0.29) is 5.91 Å². The predicted molar refractivity (Wildman–Crippen MR) is 95.1 cm³/mol. The van der Waals surface area contributed by atoms with Gasteiger partial charge in [-0.15, -0.1) is 11.3 Å². The molecular formula is C18H18N4OS. The second-order valence-corrected chi connectivity index (χ2v) is 7.31. The van der Waals surface area contributed by atoms with Crippen LogP contribution in [0.2, 0.25) is 0 Å².